The normalized spacial score (nSPS) is 13.0. The molecule has 5 heteroatoms. The van der Waals surface area contributed by atoms with Crippen LogP contribution in [0.3, 0.4) is 0 Å². The molecule has 1 heterocycles. The lowest BCUT2D eigenvalue weighted by atomic mass is 10.1. The summed E-state index contributed by atoms with van der Waals surface area (Å²) in [6.45, 7) is 6.18. The number of hydrogen-bond donors (Lipinski definition) is 1. The topological polar surface area (TPSA) is 58.6 Å². The molecule has 0 spiro atoms. The van der Waals surface area contributed by atoms with E-state index in [2.05, 4.69) is 11.9 Å². The molecule has 5 nitrogen and oxygen atoms in total. The fourth-order valence-corrected chi connectivity index (χ4v) is 2.71. The van der Waals surface area contributed by atoms with Gasteiger partial charge in [-0.25, -0.2) is 0 Å². The van der Waals surface area contributed by atoms with Crippen LogP contribution < -0.4 is 15.0 Å². The van der Waals surface area contributed by atoms with Gasteiger partial charge in [0.15, 0.2) is 6.61 Å². The number of carbonyl (C=O) groups is 2. The molecule has 3 rings (SSSR count). The van der Waals surface area contributed by atoms with E-state index in [1.165, 1.54) is 0 Å². The van der Waals surface area contributed by atoms with Crippen LogP contribution in [-0.2, 0) is 16.0 Å². The number of nitrogens with zero attached hydrogens (tertiary/aromatic N) is 1. The second-order valence-electron chi connectivity index (χ2n) is 6.12. The summed E-state index contributed by atoms with van der Waals surface area (Å²) in [5.74, 6) is 0.381. The second-order valence-corrected chi connectivity index (χ2v) is 6.12. The van der Waals surface area contributed by atoms with Crippen molar-refractivity contribution in [3.63, 3.8) is 0 Å². The summed E-state index contributed by atoms with van der Waals surface area (Å²) in [4.78, 5) is 25.9. The van der Waals surface area contributed by atoms with Crippen molar-refractivity contribution >= 4 is 23.2 Å². The maximum Gasteiger partial charge on any atom is 0.265 e. The van der Waals surface area contributed by atoms with Crippen LogP contribution >= 0.6 is 0 Å². The highest BCUT2D eigenvalue weighted by Gasteiger charge is 2.25. The van der Waals surface area contributed by atoms with Crippen molar-refractivity contribution in [3.8, 4) is 5.75 Å². The molecule has 1 aliphatic rings. The van der Waals surface area contributed by atoms with Gasteiger partial charge in [-0.05, 0) is 24.6 Å². The molecule has 0 aliphatic carbocycles. The Bertz CT molecular complexity index is 815. The van der Waals surface area contributed by atoms with E-state index in [0.29, 0.717) is 30.1 Å². The number of amides is 2. The molecule has 2 amide bonds. The highest BCUT2D eigenvalue weighted by atomic mass is 16.5. The molecule has 128 valence electrons. The molecular weight excluding hydrogens is 316 g/mol. The largest absolute Gasteiger partial charge is 0.481 e. The van der Waals surface area contributed by atoms with Gasteiger partial charge >= 0.3 is 0 Å². The maximum atomic E-state index is 12.2. The molecule has 2 aromatic rings. The molecule has 0 radical (unpaired) electrons. The number of nitrogens with one attached hydrogen (secondary N) is 1. The Morgan fingerprint density at radius 1 is 1.24 bits per heavy atom. The summed E-state index contributed by atoms with van der Waals surface area (Å²) in [6, 6.07) is 14.9. The minimum absolute atomic E-state index is 0.0122. The second kappa shape index (κ2) is 7.21. The Kier molecular flexibility index (Phi) is 4.84. The van der Waals surface area contributed by atoms with E-state index >= 15 is 0 Å². The van der Waals surface area contributed by atoms with Crippen LogP contribution in [0.4, 0.5) is 11.4 Å². The van der Waals surface area contributed by atoms with Crippen molar-refractivity contribution in [3.05, 3.63) is 66.2 Å². The third-order valence-corrected chi connectivity index (χ3v) is 3.82. The molecule has 1 N–H and O–H groups in total. The Morgan fingerprint density at radius 2 is 2.00 bits per heavy atom. The summed E-state index contributed by atoms with van der Waals surface area (Å²) >= 11 is 0. The lowest BCUT2D eigenvalue weighted by Crippen LogP contribution is -2.39. The Balaban J connectivity index is 1.74. The number of ether oxygens (including phenoxy) is 1. The first-order valence-electron chi connectivity index (χ1n) is 8.08. The molecule has 0 atom stereocenters. The zero-order valence-electron chi connectivity index (χ0n) is 14.1. The lowest BCUT2D eigenvalue weighted by Gasteiger charge is -2.29. The van der Waals surface area contributed by atoms with Gasteiger partial charge in [0.05, 0.1) is 12.1 Å². The first kappa shape index (κ1) is 16.8. The van der Waals surface area contributed by atoms with Crippen molar-refractivity contribution in [2.45, 2.75) is 13.3 Å². The van der Waals surface area contributed by atoms with Gasteiger partial charge in [-0.2, -0.15) is 0 Å². The van der Waals surface area contributed by atoms with E-state index in [1.807, 2.05) is 37.3 Å². The Hall–Kier alpha value is -3.08. The first-order chi connectivity index (χ1) is 12.0. The van der Waals surface area contributed by atoms with Crippen LogP contribution in [0.25, 0.3) is 0 Å². The minimum atomic E-state index is -0.101. The highest BCUT2D eigenvalue weighted by molar-refractivity contribution is 5.99. The molecule has 0 saturated carbocycles. The molecule has 2 aromatic carbocycles. The van der Waals surface area contributed by atoms with E-state index < -0.39 is 0 Å². The fraction of sp³-hybridized carbons (Fsp3) is 0.200. The number of carbonyl (C=O) groups excluding carboxylic acids is 2. The van der Waals surface area contributed by atoms with Gasteiger partial charge in [-0.1, -0.05) is 42.5 Å². The molecule has 0 saturated heterocycles. The van der Waals surface area contributed by atoms with Crippen molar-refractivity contribution in [1.82, 2.24) is 0 Å². The first-order valence-corrected chi connectivity index (χ1v) is 8.08. The molecule has 0 unspecified atom stereocenters. The van der Waals surface area contributed by atoms with Gasteiger partial charge in [0.1, 0.15) is 5.75 Å². The average molecular weight is 336 g/mol. The zero-order chi connectivity index (χ0) is 17.8. The summed E-state index contributed by atoms with van der Waals surface area (Å²) in [6.07, 6.45) is 0.305. The van der Waals surface area contributed by atoms with Gasteiger partial charge < -0.3 is 15.0 Å². The summed E-state index contributed by atoms with van der Waals surface area (Å²) in [5.41, 5.74) is 3.18. The molecule has 0 aromatic heterocycles. The van der Waals surface area contributed by atoms with Crippen LogP contribution in [0, 0.1) is 0 Å². The van der Waals surface area contributed by atoms with Crippen LogP contribution in [-0.4, -0.2) is 25.0 Å². The van der Waals surface area contributed by atoms with Gasteiger partial charge in [-0.15, -0.1) is 0 Å². The molecular formula is C20H20N2O3. The van der Waals surface area contributed by atoms with Crippen molar-refractivity contribution in [2.75, 3.05) is 23.4 Å². The van der Waals surface area contributed by atoms with Crippen LogP contribution in [0.1, 0.15) is 12.5 Å². The van der Waals surface area contributed by atoms with E-state index in [0.717, 1.165) is 11.1 Å². The average Bonchev–Trinajstić information content (AvgIpc) is 2.58. The van der Waals surface area contributed by atoms with Crippen LogP contribution in [0.5, 0.6) is 5.75 Å². The molecule has 0 bridgehead atoms. The monoisotopic (exact) mass is 336 g/mol. The summed E-state index contributed by atoms with van der Waals surface area (Å²) in [5, 5.41) is 2.87. The summed E-state index contributed by atoms with van der Waals surface area (Å²) < 4.78 is 5.52. The van der Waals surface area contributed by atoms with Gasteiger partial charge in [-0.3, -0.25) is 9.59 Å². The number of benzene rings is 2. The van der Waals surface area contributed by atoms with Gasteiger partial charge in [0.2, 0.25) is 5.91 Å². The maximum absolute atomic E-state index is 12.2. The van der Waals surface area contributed by atoms with Crippen LogP contribution in [0.2, 0.25) is 0 Å². The Labute approximate surface area is 146 Å². The van der Waals surface area contributed by atoms with Crippen LogP contribution in [0.15, 0.2) is 60.7 Å². The number of hydrogen-bond acceptors (Lipinski definition) is 3. The predicted molar refractivity (Wildman–Crippen MR) is 97.9 cm³/mol. The Morgan fingerprint density at radius 3 is 2.72 bits per heavy atom. The zero-order valence-corrected chi connectivity index (χ0v) is 14.1. The standard InChI is InChI=1S/C20H20N2O3/c1-14(2)12-22-17-9-8-16(11-18(17)25-13-20(22)24)21-19(23)10-15-6-4-3-5-7-15/h3-9,11H,1,10,12-13H2,2H3,(H,21,23). The van der Waals surface area contributed by atoms with E-state index in [1.54, 1.807) is 23.1 Å². The van der Waals surface area contributed by atoms with E-state index in [4.69, 9.17) is 4.74 Å². The van der Waals surface area contributed by atoms with Crippen molar-refractivity contribution in [2.24, 2.45) is 0 Å². The fourth-order valence-electron chi connectivity index (χ4n) is 2.71. The smallest absolute Gasteiger partial charge is 0.265 e. The number of fused-ring (bicyclic) bond motifs is 1. The lowest BCUT2D eigenvalue weighted by molar-refractivity contribution is -0.121. The van der Waals surface area contributed by atoms with Gasteiger partial charge in [0.25, 0.3) is 5.91 Å². The predicted octanol–water partition coefficient (Wildman–Crippen LogP) is 3.17. The quantitative estimate of drug-likeness (QED) is 0.853. The van der Waals surface area contributed by atoms with E-state index in [-0.39, 0.29) is 18.4 Å². The SMILES string of the molecule is C=C(C)CN1C(=O)COc2cc(NC(=O)Cc3ccccc3)ccc21. The molecule has 1 aliphatic heterocycles. The summed E-state index contributed by atoms with van der Waals surface area (Å²) in [7, 11) is 0. The third kappa shape index (κ3) is 4.07. The number of anilines is 2. The molecule has 0 fully saturated rings. The number of rotatable bonds is 5. The van der Waals surface area contributed by atoms with Crippen molar-refractivity contribution < 1.29 is 14.3 Å². The van der Waals surface area contributed by atoms with E-state index in [9.17, 15) is 9.59 Å². The molecule has 25 heavy (non-hydrogen) atoms. The van der Waals surface area contributed by atoms with Gasteiger partial charge in [0, 0.05) is 18.3 Å². The highest BCUT2D eigenvalue weighted by Crippen LogP contribution is 2.34. The third-order valence-electron chi connectivity index (χ3n) is 3.82. The minimum Gasteiger partial charge on any atom is -0.481 e. The van der Waals surface area contributed by atoms with Crippen molar-refractivity contribution in [1.29, 1.82) is 0 Å².